The summed E-state index contributed by atoms with van der Waals surface area (Å²) in [5.41, 5.74) is 0.299. The number of pyridine rings is 1. The molecular weight excluding hydrogens is 276 g/mol. The van der Waals surface area contributed by atoms with Gasteiger partial charge in [-0.15, -0.1) is 0 Å². The molecule has 0 saturated carbocycles. The van der Waals surface area contributed by atoms with Gasteiger partial charge in [0, 0.05) is 10.7 Å². The minimum atomic E-state index is -0.395. The van der Waals surface area contributed by atoms with Crippen LogP contribution < -0.4 is 10.3 Å². The van der Waals surface area contributed by atoms with E-state index < -0.39 is 6.61 Å². The fourth-order valence-electron chi connectivity index (χ4n) is 1.43. The number of nitrogens with zero attached hydrogens (tertiary/aromatic N) is 2. The van der Waals surface area contributed by atoms with Gasteiger partial charge in [0.05, 0.1) is 13.7 Å². The second-order valence-electron chi connectivity index (χ2n) is 3.14. The van der Waals surface area contributed by atoms with Gasteiger partial charge in [0.2, 0.25) is 5.88 Å². The first kappa shape index (κ1) is 11.1. The largest absolute Gasteiger partial charge is 0.481 e. The third-order valence-corrected chi connectivity index (χ3v) is 2.69. The maximum atomic E-state index is 11.9. The second-order valence-corrected chi connectivity index (χ2v) is 4.05. The molecule has 84 valence electrons. The Labute approximate surface area is 99.4 Å². The topological polar surface area (TPSA) is 63.8 Å². The Hall–Kier alpha value is -1.40. The van der Waals surface area contributed by atoms with E-state index in [0.717, 1.165) is 4.47 Å². The lowest BCUT2D eigenvalue weighted by molar-refractivity contribution is 0.269. The fourth-order valence-corrected chi connectivity index (χ4v) is 1.76. The average Bonchev–Trinajstić information content (AvgIpc) is 2.28. The Balaban J connectivity index is 2.87. The van der Waals surface area contributed by atoms with Crippen LogP contribution in [0.4, 0.5) is 0 Å². The van der Waals surface area contributed by atoms with E-state index in [-0.39, 0.29) is 17.0 Å². The van der Waals surface area contributed by atoms with Gasteiger partial charge in [-0.05, 0) is 12.1 Å². The molecule has 0 aliphatic carbocycles. The zero-order chi connectivity index (χ0) is 11.7. The number of aliphatic hydroxyl groups is 1. The van der Waals surface area contributed by atoms with E-state index in [1.165, 1.54) is 11.5 Å². The lowest BCUT2D eigenvalue weighted by Crippen LogP contribution is -2.20. The SMILES string of the molecule is COc1nc2cc(Br)ccn2c(=O)c1CO. The molecule has 2 rings (SSSR count). The van der Waals surface area contributed by atoms with Gasteiger partial charge in [-0.1, -0.05) is 15.9 Å². The minimum Gasteiger partial charge on any atom is -0.481 e. The minimum absolute atomic E-state index is 0.155. The van der Waals surface area contributed by atoms with Gasteiger partial charge >= 0.3 is 0 Å². The molecule has 1 N–H and O–H groups in total. The number of ether oxygens (including phenoxy) is 1. The van der Waals surface area contributed by atoms with Crippen LogP contribution in [0.3, 0.4) is 0 Å². The number of methoxy groups -OCH3 is 1. The van der Waals surface area contributed by atoms with Crippen molar-refractivity contribution in [1.29, 1.82) is 0 Å². The normalized spacial score (nSPS) is 10.7. The zero-order valence-corrected chi connectivity index (χ0v) is 10.1. The van der Waals surface area contributed by atoms with E-state index in [0.29, 0.717) is 5.65 Å². The molecule has 0 fully saturated rings. The molecular formula is C10H9BrN2O3. The Kier molecular flexibility index (Phi) is 2.93. The molecule has 0 unspecified atom stereocenters. The predicted octanol–water partition coefficient (Wildman–Crippen LogP) is 0.958. The van der Waals surface area contributed by atoms with E-state index in [2.05, 4.69) is 20.9 Å². The molecule has 0 aliphatic heterocycles. The monoisotopic (exact) mass is 284 g/mol. The van der Waals surface area contributed by atoms with Crippen molar-refractivity contribution in [3.63, 3.8) is 0 Å². The molecule has 0 atom stereocenters. The zero-order valence-electron chi connectivity index (χ0n) is 8.48. The first-order chi connectivity index (χ1) is 7.67. The van der Waals surface area contributed by atoms with Crippen molar-refractivity contribution in [3.8, 4) is 5.88 Å². The molecule has 6 heteroatoms. The van der Waals surface area contributed by atoms with Crippen molar-refractivity contribution in [2.45, 2.75) is 6.61 Å². The van der Waals surface area contributed by atoms with E-state index in [1.54, 1.807) is 18.3 Å². The standard InChI is InChI=1S/C10H9BrN2O3/c1-16-9-7(5-14)10(15)13-3-2-6(11)4-8(13)12-9/h2-4,14H,5H2,1H3. The molecule has 2 aromatic heterocycles. The molecule has 0 aromatic carbocycles. The number of rotatable bonds is 2. The summed E-state index contributed by atoms with van der Waals surface area (Å²) in [7, 11) is 1.41. The van der Waals surface area contributed by atoms with Gasteiger partial charge in [0.25, 0.3) is 5.56 Å². The first-order valence-corrected chi connectivity index (χ1v) is 5.32. The lowest BCUT2D eigenvalue weighted by Gasteiger charge is -2.07. The fraction of sp³-hybridized carbons (Fsp3) is 0.200. The van der Waals surface area contributed by atoms with E-state index in [4.69, 9.17) is 9.84 Å². The van der Waals surface area contributed by atoms with Crippen LogP contribution in [0.5, 0.6) is 5.88 Å². The average molecular weight is 285 g/mol. The summed E-state index contributed by atoms with van der Waals surface area (Å²) in [6.07, 6.45) is 1.59. The predicted molar refractivity (Wildman–Crippen MR) is 61.6 cm³/mol. The Bertz CT molecular complexity index is 594. The third-order valence-electron chi connectivity index (χ3n) is 2.20. The number of halogens is 1. The van der Waals surface area contributed by atoms with Crippen LogP contribution in [0.25, 0.3) is 5.65 Å². The molecule has 0 spiro atoms. The van der Waals surface area contributed by atoms with Crippen LogP contribution in [0.1, 0.15) is 5.56 Å². The van der Waals surface area contributed by atoms with E-state index in [9.17, 15) is 4.79 Å². The second kappa shape index (κ2) is 4.23. The van der Waals surface area contributed by atoms with Gasteiger partial charge in [-0.3, -0.25) is 9.20 Å². The van der Waals surface area contributed by atoms with Crippen molar-refractivity contribution in [1.82, 2.24) is 9.38 Å². The number of hydrogen-bond donors (Lipinski definition) is 1. The van der Waals surface area contributed by atoms with Crippen molar-refractivity contribution < 1.29 is 9.84 Å². The van der Waals surface area contributed by atoms with Crippen molar-refractivity contribution in [3.05, 3.63) is 38.7 Å². The highest BCUT2D eigenvalue weighted by Crippen LogP contribution is 2.15. The Morgan fingerprint density at radius 1 is 1.62 bits per heavy atom. The molecule has 5 nitrogen and oxygen atoms in total. The van der Waals surface area contributed by atoms with Gasteiger partial charge in [-0.2, -0.15) is 4.98 Å². The van der Waals surface area contributed by atoms with Crippen LogP contribution in [0.15, 0.2) is 27.6 Å². The van der Waals surface area contributed by atoms with Gasteiger partial charge in [0.1, 0.15) is 11.2 Å². The molecule has 2 aromatic rings. The highest BCUT2D eigenvalue weighted by atomic mass is 79.9. The molecule has 0 bridgehead atoms. The summed E-state index contributed by atoms with van der Waals surface area (Å²) in [5.74, 6) is 0.158. The summed E-state index contributed by atoms with van der Waals surface area (Å²) in [5, 5.41) is 9.10. The molecule has 2 heterocycles. The number of fused-ring (bicyclic) bond motifs is 1. The van der Waals surface area contributed by atoms with Gasteiger partial charge < -0.3 is 9.84 Å². The maximum Gasteiger partial charge on any atom is 0.267 e. The van der Waals surface area contributed by atoms with Crippen LogP contribution >= 0.6 is 15.9 Å². The molecule has 16 heavy (non-hydrogen) atoms. The Morgan fingerprint density at radius 2 is 2.38 bits per heavy atom. The van der Waals surface area contributed by atoms with E-state index in [1.807, 2.05) is 0 Å². The third kappa shape index (κ3) is 1.70. The molecule has 0 radical (unpaired) electrons. The Morgan fingerprint density at radius 3 is 3.00 bits per heavy atom. The quantitative estimate of drug-likeness (QED) is 0.892. The summed E-state index contributed by atoms with van der Waals surface area (Å²) >= 11 is 3.29. The summed E-state index contributed by atoms with van der Waals surface area (Å²) < 4.78 is 7.14. The van der Waals surface area contributed by atoms with Gasteiger partial charge in [-0.25, -0.2) is 0 Å². The van der Waals surface area contributed by atoms with Crippen LogP contribution in [-0.4, -0.2) is 21.6 Å². The number of hydrogen-bond acceptors (Lipinski definition) is 4. The smallest absolute Gasteiger partial charge is 0.267 e. The van der Waals surface area contributed by atoms with Gasteiger partial charge in [0.15, 0.2) is 0 Å². The number of aromatic nitrogens is 2. The first-order valence-electron chi connectivity index (χ1n) is 4.53. The van der Waals surface area contributed by atoms with Crippen LogP contribution in [0, 0.1) is 0 Å². The maximum absolute atomic E-state index is 11.9. The van der Waals surface area contributed by atoms with Crippen molar-refractivity contribution in [2.24, 2.45) is 0 Å². The number of aliphatic hydroxyl groups excluding tert-OH is 1. The van der Waals surface area contributed by atoms with Crippen LogP contribution in [0.2, 0.25) is 0 Å². The summed E-state index contributed by atoms with van der Waals surface area (Å²) in [6, 6.07) is 3.43. The molecule has 0 amide bonds. The van der Waals surface area contributed by atoms with E-state index >= 15 is 0 Å². The highest BCUT2D eigenvalue weighted by molar-refractivity contribution is 9.10. The van der Waals surface area contributed by atoms with Crippen LogP contribution in [-0.2, 0) is 6.61 Å². The summed E-state index contributed by atoms with van der Waals surface area (Å²) in [4.78, 5) is 16.1. The molecule has 0 saturated heterocycles. The van der Waals surface area contributed by atoms with Crippen molar-refractivity contribution >= 4 is 21.6 Å². The lowest BCUT2D eigenvalue weighted by atomic mass is 10.3. The molecule has 0 aliphatic rings. The summed E-state index contributed by atoms with van der Waals surface area (Å²) in [6.45, 7) is -0.395. The van der Waals surface area contributed by atoms with Crippen molar-refractivity contribution in [2.75, 3.05) is 7.11 Å². The highest BCUT2D eigenvalue weighted by Gasteiger charge is 2.12.